The molecule has 0 radical (unpaired) electrons. The first-order chi connectivity index (χ1) is 18.2. The Morgan fingerprint density at radius 1 is 0.974 bits per heavy atom. The molecule has 2 heterocycles. The van der Waals surface area contributed by atoms with Crippen molar-refractivity contribution in [3.05, 3.63) is 75.2 Å². The van der Waals surface area contributed by atoms with E-state index in [0.717, 1.165) is 10.7 Å². The molecule has 1 saturated heterocycles. The average molecular weight is 579 g/mol. The molecule has 2 aromatic carbocycles. The maximum atomic E-state index is 13.4. The molecule has 1 fully saturated rings. The average Bonchev–Trinajstić information content (AvgIpc) is 3.26. The largest absolute Gasteiger partial charge is 0.416 e. The van der Waals surface area contributed by atoms with E-state index in [2.05, 4.69) is 15.6 Å². The maximum Gasteiger partial charge on any atom is 0.416 e. The normalized spacial score (nSPS) is 15.1. The summed E-state index contributed by atoms with van der Waals surface area (Å²) in [7, 11) is 1.88. The number of rotatable bonds is 6. The first-order valence-electron chi connectivity index (χ1n) is 11.6. The molecule has 210 valence electrons. The minimum absolute atomic E-state index is 0.0473. The van der Waals surface area contributed by atoms with Crippen molar-refractivity contribution in [2.75, 3.05) is 38.1 Å². The van der Waals surface area contributed by atoms with Crippen LogP contribution in [0.3, 0.4) is 0 Å². The standard InChI is InChI=1S/C24H22ClF7N6O/c1-36-4-6-37(7-5-36)22-20(21(39)33-12-15-2-3-18(26)11-19(15)25)34-35-38(22)13-14-8-16(23(27,28)29)10-17(9-14)24(30,31)32/h2-3,8-11H,4-7,12-13H2,1H3,(H,33,39). The molecule has 1 aliphatic rings. The van der Waals surface area contributed by atoms with Crippen LogP contribution < -0.4 is 10.2 Å². The molecule has 1 aromatic heterocycles. The molecule has 0 aliphatic carbocycles. The van der Waals surface area contributed by atoms with E-state index in [1.54, 1.807) is 4.90 Å². The number of hydrogen-bond donors (Lipinski definition) is 1. The van der Waals surface area contributed by atoms with Crippen molar-refractivity contribution in [3.8, 4) is 0 Å². The van der Waals surface area contributed by atoms with Crippen LogP contribution in [0, 0.1) is 5.82 Å². The van der Waals surface area contributed by atoms with Gasteiger partial charge >= 0.3 is 12.4 Å². The van der Waals surface area contributed by atoms with Crippen molar-refractivity contribution in [3.63, 3.8) is 0 Å². The van der Waals surface area contributed by atoms with Gasteiger partial charge in [-0.3, -0.25) is 4.79 Å². The lowest BCUT2D eigenvalue weighted by molar-refractivity contribution is -0.143. The number of piperazine rings is 1. The van der Waals surface area contributed by atoms with Crippen LogP contribution >= 0.6 is 11.6 Å². The van der Waals surface area contributed by atoms with Gasteiger partial charge in [0.05, 0.1) is 17.7 Å². The van der Waals surface area contributed by atoms with Crippen molar-refractivity contribution < 1.29 is 35.5 Å². The Morgan fingerprint density at radius 3 is 2.15 bits per heavy atom. The van der Waals surface area contributed by atoms with Crippen molar-refractivity contribution in [2.24, 2.45) is 0 Å². The van der Waals surface area contributed by atoms with Gasteiger partial charge in [-0.15, -0.1) is 5.10 Å². The zero-order chi connectivity index (χ0) is 28.5. The van der Waals surface area contributed by atoms with Crippen LogP contribution in [0.15, 0.2) is 36.4 Å². The number of nitrogens with zero attached hydrogens (tertiary/aromatic N) is 5. The number of amides is 1. The van der Waals surface area contributed by atoms with Crippen LogP contribution in [0.25, 0.3) is 0 Å². The summed E-state index contributed by atoms with van der Waals surface area (Å²) >= 11 is 6.01. The van der Waals surface area contributed by atoms with Gasteiger partial charge in [-0.25, -0.2) is 9.07 Å². The summed E-state index contributed by atoms with van der Waals surface area (Å²) in [6, 6.07) is 4.92. The number of anilines is 1. The van der Waals surface area contributed by atoms with Crippen molar-refractivity contribution >= 4 is 23.3 Å². The van der Waals surface area contributed by atoms with Crippen LogP contribution in [0.4, 0.5) is 36.6 Å². The van der Waals surface area contributed by atoms with Gasteiger partial charge in [0.2, 0.25) is 0 Å². The number of carbonyl (C=O) groups excluding carboxylic acids is 1. The first kappa shape index (κ1) is 28.6. The Morgan fingerprint density at radius 2 is 1.59 bits per heavy atom. The van der Waals surface area contributed by atoms with E-state index < -0.39 is 41.7 Å². The highest BCUT2D eigenvalue weighted by Crippen LogP contribution is 2.36. The monoisotopic (exact) mass is 578 g/mol. The van der Waals surface area contributed by atoms with Gasteiger partial charge in [0, 0.05) is 37.7 Å². The van der Waals surface area contributed by atoms with E-state index in [-0.39, 0.29) is 34.7 Å². The Kier molecular flexibility index (Phi) is 8.07. The van der Waals surface area contributed by atoms with E-state index in [0.29, 0.717) is 43.9 Å². The fraction of sp³-hybridized carbons (Fsp3) is 0.375. The van der Waals surface area contributed by atoms with Crippen molar-refractivity contribution in [2.45, 2.75) is 25.4 Å². The molecule has 0 unspecified atom stereocenters. The lowest BCUT2D eigenvalue weighted by atomic mass is 10.0. The number of carbonyl (C=O) groups is 1. The van der Waals surface area contributed by atoms with Gasteiger partial charge in [-0.2, -0.15) is 26.3 Å². The highest BCUT2D eigenvalue weighted by atomic mass is 35.5. The first-order valence-corrected chi connectivity index (χ1v) is 12.0. The molecular formula is C24H22ClF7N6O. The second kappa shape index (κ2) is 11.0. The highest BCUT2D eigenvalue weighted by molar-refractivity contribution is 6.31. The molecule has 0 atom stereocenters. The topological polar surface area (TPSA) is 66.3 Å². The Balaban J connectivity index is 1.68. The van der Waals surface area contributed by atoms with Crippen LogP contribution in [0.5, 0.6) is 0 Å². The third-order valence-corrected chi connectivity index (χ3v) is 6.51. The molecule has 15 heteroatoms. The molecule has 39 heavy (non-hydrogen) atoms. The highest BCUT2D eigenvalue weighted by Gasteiger charge is 2.37. The van der Waals surface area contributed by atoms with E-state index in [1.807, 2.05) is 11.9 Å². The Labute approximate surface area is 223 Å². The second-order valence-electron chi connectivity index (χ2n) is 9.04. The summed E-state index contributed by atoms with van der Waals surface area (Å²) in [5, 5.41) is 10.5. The molecule has 1 N–H and O–H groups in total. The minimum atomic E-state index is -5.01. The molecule has 1 amide bonds. The Hall–Kier alpha value is -3.39. The third kappa shape index (κ3) is 6.79. The minimum Gasteiger partial charge on any atom is -0.352 e. The summed E-state index contributed by atoms with van der Waals surface area (Å²) < 4.78 is 94.7. The fourth-order valence-electron chi connectivity index (χ4n) is 4.10. The summed E-state index contributed by atoms with van der Waals surface area (Å²) in [5.41, 5.74) is -2.97. The smallest absolute Gasteiger partial charge is 0.352 e. The SMILES string of the molecule is CN1CCN(c2c(C(=O)NCc3ccc(F)cc3Cl)nnn2Cc2cc(C(F)(F)F)cc(C(F)(F)F)c2)CC1. The lowest BCUT2D eigenvalue weighted by Gasteiger charge is -2.34. The molecule has 0 spiro atoms. The number of aromatic nitrogens is 3. The third-order valence-electron chi connectivity index (χ3n) is 6.16. The summed E-state index contributed by atoms with van der Waals surface area (Å²) in [4.78, 5) is 16.8. The second-order valence-corrected chi connectivity index (χ2v) is 9.45. The van der Waals surface area contributed by atoms with Crippen LogP contribution in [-0.4, -0.2) is 59.0 Å². The predicted molar refractivity (Wildman–Crippen MR) is 128 cm³/mol. The van der Waals surface area contributed by atoms with Gasteiger partial charge in [-0.05, 0) is 48.5 Å². The fourth-order valence-corrected chi connectivity index (χ4v) is 4.33. The molecule has 0 bridgehead atoms. The number of nitrogens with one attached hydrogen (secondary N) is 1. The lowest BCUT2D eigenvalue weighted by Crippen LogP contribution is -2.46. The molecule has 3 aromatic rings. The number of halogens is 8. The summed E-state index contributed by atoms with van der Waals surface area (Å²) in [6.07, 6.45) is -10.0. The van der Waals surface area contributed by atoms with Crippen LogP contribution in [-0.2, 0) is 25.4 Å². The number of alkyl halides is 6. The summed E-state index contributed by atoms with van der Waals surface area (Å²) in [6.45, 7) is 1.39. The molecule has 0 saturated carbocycles. The molecular weight excluding hydrogens is 557 g/mol. The van der Waals surface area contributed by atoms with Crippen molar-refractivity contribution in [1.29, 1.82) is 0 Å². The zero-order valence-electron chi connectivity index (χ0n) is 20.4. The van der Waals surface area contributed by atoms with Gasteiger partial charge in [0.25, 0.3) is 5.91 Å². The number of benzene rings is 2. The van der Waals surface area contributed by atoms with Crippen LogP contribution in [0.1, 0.15) is 32.7 Å². The number of hydrogen-bond acceptors (Lipinski definition) is 5. The quantitative estimate of drug-likeness (QED) is 0.424. The maximum absolute atomic E-state index is 13.4. The van der Waals surface area contributed by atoms with Crippen molar-refractivity contribution in [1.82, 2.24) is 25.2 Å². The van der Waals surface area contributed by atoms with E-state index >= 15 is 0 Å². The molecule has 4 rings (SSSR count). The van der Waals surface area contributed by atoms with Crippen LogP contribution in [0.2, 0.25) is 5.02 Å². The number of likely N-dealkylation sites (N-methyl/N-ethyl adjacent to an activating group) is 1. The van der Waals surface area contributed by atoms with E-state index in [4.69, 9.17) is 11.6 Å². The van der Waals surface area contributed by atoms with Gasteiger partial charge < -0.3 is 15.1 Å². The van der Waals surface area contributed by atoms with E-state index in [9.17, 15) is 35.5 Å². The van der Waals surface area contributed by atoms with Gasteiger partial charge in [0.1, 0.15) is 5.82 Å². The molecule has 1 aliphatic heterocycles. The van der Waals surface area contributed by atoms with Gasteiger partial charge in [-0.1, -0.05) is 22.9 Å². The summed E-state index contributed by atoms with van der Waals surface area (Å²) in [5.74, 6) is -1.11. The van der Waals surface area contributed by atoms with Gasteiger partial charge in [0.15, 0.2) is 11.5 Å². The van der Waals surface area contributed by atoms with E-state index in [1.165, 1.54) is 12.1 Å². The zero-order valence-corrected chi connectivity index (χ0v) is 21.1. The predicted octanol–water partition coefficient (Wildman–Crippen LogP) is 4.84. The molecule has 7 nitrogen and oxygen atoms in total. The Bertz CT molecular complexity index is 1320.